The average molecular weight is 274 g/mol. The minimum absolute atomic E-state index is 0.714. The van der Waals surface area contributed by atoms with Crippen molar-refractivity contribution in [1.29, 1.82) is 0 Å². The lowest BCUT2D eigenvalue weighted by Crippen LogP contribution is -2.11. The first-order chi connectivity index (χ1) is 7.27. The molecule has 0 heterocycles. The maximum atomic E-state index is 5.56. The molecular formula is C11H16BrNO2. The van der Waals surface area contributed by atoms with E-state index < -0.39 is 0 Å². The van der Waals surface area contributed by atoms with Crippen molar-refractivity contribution in [3.05, 3.63) is 22.7 Å². The fraction of sp³-hybridized carbons (Fsp3) is 0.455. The topological polar surface area (TPSA) is 30.5 Å². The first-order valence-corrected chi connectivity index (χ1v) is 5.68. The van der Waals surface area contributed by atoms with Crippen molar-refractivity contribution in [1.82, 2.24) is 5.32 Å². The highest BCUT2D eigenvalue weighted by Crippen LogP contribution is 2.28. The molecule has 0 saturated carbocycles. The molecule has 0 radical (unpaired) electrons. The molecule has 0 bridgehead atoms. The van der Waals surface area contributed by atoms with Gasteiger partial charge in [0.2, 0.25) is 0 Å². The fourth-order valence-corrected chi connectivity index (χ4v) is 1.58. The van der Waals surface area contributed by atoms with E-state index >= 15 is 0 Å². The minimum Gasteiger partial charge on any atom is -0.495 e. The van der Waals surface area contributed by atoms with Gasteiger partial charge >= 0.3 is 0 Å². The molecule has 0 aliphatic heterocycles. The third kappa shape index (κ3) is 4.10. The molecule has 0 unspecified atom stereocenters. The van der Waals surface area contributed by atoms with Crippen LogP contribution in [0.2, 0.25) is 0 Å². The van der Waals surface area contributed by atoms with E-state index in [0.29, 0.717) is 6.61 Å². The molecule has 1 aromatic rings. The smallest absolute Gasteiger partial charge is 0.136 e. The SMILES string of the molecule is CNCCCOc1ccc(Br)c(OC)c1. The van der Waals surface area contributed by atoms with Crippen LogP contribution in [0.5, 0.6) is 11.5 Å². The van der Waals surface area contributed by atoms with Crippen LogP contribution in [-0.4, -0.2) is 27.3 Å². The molecule has 0 saturated heterocycles. The summed E-state index contributed by atoms with van der Waals surface area (Å²) in [7, 11) is 3.58. The average Bonchev–Trinajstić information content (AvgIpc) is 2.26. The van der Waals surface area contributed by atoms with Crippen molar-refractivity contribution in [3.8, 4) is 11.5 Å². The van der Waals surface area contributed by atoms with Gasteiger partial charge in [-0.05, 0) is 48.1 Å². The van der Waals surface area contributed by atoms with Crippen molar-refractivity contribution in [2.45, 2.75) is 6.42 Å². The van der Waals surface area contributed by atoms with Crippen LogP contribution in [0.1, 0.15) is 6.42 Å². The van der Waals surface area contributed by atoms with Crippen molar-refractivity contribution in [2.75, 3.05) is 27.3 Å². The zero-order valence-electron chi connectivity index (χ0n) is 9.05. The summed E-state index contributed by atoms with van der Waals surface area (Å²) >= 11 is 3.39. The van der Waals surface area contributed by atoms with Crippen LogP contribution in [0.4, 0.5) is 0 Å². The Kier molecular flexibility index (Phi) is 5.50. The van der Waals surface area contributed by atoms with Gasteiger partial charge in [0, 0.05) is 6.07 Å². The van der Waals surface area contributed by atoms with E-state index in [1.807, 2.05) is 25.2 Å². The van der Waals surface area contributed by atoms with Crippen LogP contribution < -0.4 is 14.8 Å². The third-order valence-electron chi connectivity index (χ3n) is 1.96. The highest BCUT2D eigenvalue weighted by Gasteiger charge is 2.01. The number of methoxy groups -OCH3 is 1. The van der Waals surface area contributed by atoms with E-state index in [4.69, 9.17) is 9.47 Å². The van der Waals surface area contributed by atoms with Crippen LogP contribution in [0.15, 0.2) is 22.7 Å². The Hall–Kier alpha value is -0.740. The quantitative estimate of drug-likeness (QED) is 0.808. The maximum absolute atomic E-state index is 5.56. The lowest BCUT2D eigenvalue weighted by molar-refractivity contribution is 0.307. The molecular weight excluding hydrogens is 258 g/mol. The van der Waals surface area contributed by atoms with Gasteiger partial charge in [0.1, 0.15) is 11.5 Å². The van der Waals surface area contributed by atoms with E-state index in [1.165, 1.54) is 0 Å². The molecule has 0 aliphatic rings. The number of rotatable bonds is 6. The van der Waals surface area contributed by atoms with E-state index in [1.54, 1.807) is 7.11 Å². The van der Waals surface area contributed by atoms with Gasteiger partial charge < -0.3 is 14.8 Å². The van der Waals surface area contributed by atoms with Crippen molar-refractivity contribution in [3.63, 3.8) is 0 Å². The molecule has 0 fully saturated rings. The van der Waals surface area contributed by atoms with E-state index in [0.717, 1.165) is 28.9 Å². The highest BCUT2D eigenvalue weighted by atomic mass is 79.9. The van der Waals surface area contributed by atoms with Gasteiger partial charge in [-0.3, -0.25) is 0 Å². The first kappa shape index (κ1) is 12.3. The molecule has 0 atom stereocenters. The Labute approximate surface area is 98.9 Å². The summed E-state index contributed by atoms with van der Waals surface area (Å²) in [5.41, 5.74) is 0. The van der Waals surface area contributed by atoms with Crippen molar-refractivity contribution >= 4 is 15.9 Å². The van der Waals surface area contributed by atoms with Crippen LogP contribution in [-0.2, 0) is 0 Å². The predicted molar refractivity (Wildman–Crippen MR) is 64.7 cm³/mol. The Balaban J connectivity index is 2.47. The van der Waals surface area contributed by atoms with Gasteiger partial charge in [0.25, 0.3) is 0 Å². The number of hydrogen-bond donors (Lipinski definition) is 1. The zero-order chi connectivity index (χ0) is 11.1. The van der Waals surface area contributed by atoms with Crippen LogP contribution in [0, 0.1) is 0 Å². The maximum Gasteiger partial charge on any atom is 0.136 e. The number of benzene rings is 1. The molecule has 1 N–H and O–H groups in total. The van der Waals surface area contributed by atoms with E-state index in [9.17, 15) is 0 Å². The number of hydrogen-bond acceptors (Lipinski definition) is 3. The molecule has 0 spiro atoms. The molecule has 84 valence electrons. The van der Waals surface area contributed by atoms with Gasteiger partial charge in [0.05, 0.1) is 18.2 Å². The fourth-order valence-electron chi connectivity index (χ4n) is 1.17. The first-order valence-electron chi connectivity index (χ1n) is 4.89. The number of ether oxygens (including phenoxy) is 2. The standard InChI is InChI=1S/C11H16BrNO2/c1-13-6-3-7-15-9-4-5-10(12)11(8-9)14-2/h4-5,8,13H,3,6-7H2,1-2H3. The molecule has 1 rings (SSSR count). The Bertz CT molecular complexity index is 305. The van der Waals surface area contributed by atoms with Crippen LogP contribution in [0.3, 0.4) is 0 Å². The summed E-state index contributed by atoms with van der Waals surface area (Å²) in [4.78, 5) is 0. The van der Waals surface area contributed by atoms with Crippen molar-refractivity contribution < 1.29 is 9.47 Å². The molecule has 4 heteroatoms. The Morgan fingerprint density at radius 2 is 2.20 bits per heavy atom. The van der Waals surface area contributed by atoms with E-state index in [-0.39, 0.29) is 0 Å². The lowest BCUT2D eigenvalue weighted by atomic mass is 10.3. The molecule has 0 aromatic heterocycles. The van der Waals surface area contributed by atoms with Gasteiger partial charge in [-0.15, -0.1) is 0 Å². The molecule has 15 heavy (non-hydrogen) atoms. The summed E-state index contributed by atoms with van der Waals surface area (Å²) in [6.07, 6.45) is 0.995. The van der Waals surface area contributed by atoms with Crippen molar-refractivity contribution in [2.24, 2.45) is 0 Å². The Morgan fingerprint density at radius 1 is 1.40 bits per heavy atom. The molecule has 0 amide bonds. The van der Waals surface area contributed by atoms with Gasteiger partial charge in [-0.25, -0.2) is 0 Å². The monoisotopic (exact) mass is 273 g/mol. The van der Waals surface area contributed by atoms with Gasteiger partial charge in [-0.1, -0.05) is 0 Å². The summed E-state index contributed by atoms with van der Waals surface area (Å²) in [5.74, 6) is 1.63. The second-order valence-electron chi connectivity index (χ2n) is 3.10. The summed E-state index contributed by atoms with van der Waals surface area (Å²) in [5, 5.41) is 3.07. The lowest BCUT2D eigenvalue weighted by Gasteiger charge is -2.08. The largest absolute Gasteiger partial charge is 0.495 e. The summed E-state index contributed by atoms with van der Waals surface area (Å²) < 4.78 is 11.7. The van der Waals surface area contributed by atoms with E-state index in [2.05, 4.69) is 21.2 Å². The minimum atomic E-state index is 0.714. The summed E-state index contributed by atoms with van der Waals surface area (Å²) in [6, 6.07) is 5.72. The highest BCUT2D eigenvalue weighted by molar-refractivity contribution is 9.10. The summed E-state index contributed by atoms with van der Waals surface area (Å²) in [6.45, 7) is 1.68. The van der Waals surface area contributed by atoms with Gasteiger partial charge in [0.15, 0.2) is 0 Å². The number of halogens is 1. The predicted octanol–water partition coefficient (Wildman–Crippen LogP) is 2.45. The molecule has 1 aromatic carbocycles. The number of nitrogens with one attached hydrogen (secondary N) is 1. The molecule has 3 nitrogen and oxygen atoms in total. The second kappa shape index (κ2) is 6.69. The Morgan fingerprint density at radius 3 is 2.87 bits per heavy atom. The van der Waals surface area contributed by atoms with Gasteiger partial charge in [-0.2, -0.15) is 0 Å². The normalized spacial score (nSPS) is 10.1. The molecule has 0 aliphatic carbocycles. The second-order valence-corrected chi connectivity index (χ2v) is 3.96. The third-order valence-corrected chi connectivity index (χ3v) is 2.62. The van der Waals surface area contributed by atoms with Crippen LogP contribution >= 0.6 is 15.9 Å². The zero-order valence-corrected chi connectivity index (χ0v) is 10.6. The van der Waals surface area contributed by atoms with Crippen LogP contribution in [0.25, 0.3) is 0 Å².